The van der Waals surface area contributed by atoms with Crippen LogP contribution < -0.4 is 5.73 Å². The first-order valence-electron chi connectivity index (χ1n) is 9.07. The van der Waals surface area contributed by atoms with Crippen molar-refractivity contribution in [2.75, 3.05) is 0 Å². The van der Waals surface area contributed by atoms with Gasteiger partial charge < -0.3 is 5.11 Å². The van der Waals surface area contributed by atoms with Crippen LogP contribution in [0.3, 0.4) is 0 Å². The number of alkyl halides is 1. The van der Waals surface area contributed by atoms with E-state index in [2.05, 4.69) is 13.0 Å². The Balaban J connectivity index is 1.74. The molecule has 0 saturated heterocycles. The van der Waals surface area contributed by atoms with E-state index in [4.69, 9.17) is 5.73 Å². The highest BCUT2D eigenvalue weighted by Crippen LogP contribution is 2.67. The van der Waals surface area contributed by atoms with Gasteiger partial charge in [-0.2, -0.15) is 0 Å². The number of allylic oxidation sites excluding steroid dienone is 2. The van der Waals surface area contributed by atoms with E-state index < -0.39 is 17.3 Å². The van der Waals surface area contributed by atoms with Crippen molar-refractivity contribution in [3.63, 3.8) is 0 Å². The highest BCUT2D eigenvalue weighted by atomic mass is 19.1. The number of fused-ring (bicyclic) bond motifs is 5. The van der Waals surface area contributed by atoms with Crippen LogP contribution in [0.15, 0.2) is 12.2 Å². The van der Waals surface area contributed by atoms with Gasteiger partial charge in [0, 0.05) is 11.8 Å². The third-order valence-corrected chi connectivity index (χ3v) is 8.22. The number of aliphatic hydroxyl groups excluding tert-OH is 1. The summed E-state index contributed by atoms with van der Waals surface area (Å²) in [5.74, 6) is -0.644. The number of aliphatic hydroxyl groups is 1. The molecule has 0 amide bonds. The number of rotatable bonds is 0. The molecular weight excluding hydrogens is 293 g/mol. The topological polar surface area (TPSA) is 63.3 Å². The van der Waals surface area contributed by atoms with E-state index in [1.165, 1.54) is 0 Å². The van der Waals surface area contributed by atoms with Gasteiger partial charge in [0.15, 0.2) is 11.6 Å². The largest absolute Gasteiger partial charge is 0.393 e. The molecule has 0 bridgehead atoms. The fourth-order valence-electron chi connectivity index (χ4n) is 6.63. The van der Waals surface area contributed by atoms with Crippen LogP contribution in [-0.4, -0.2) is 22.8 Å². The molecule has 0 aliphatic heterocycles. The van der Waals surface area contributed by atoms with Crippen molar-refractivity contribution in [1.82, 2.24) is 0 Å². The zero-order valence-corrected chi connectivity index (χ0v) is 14.1. The monoisotopic (exact) mass is 321 g/mol. The summed E-state index contributed by atoms with van der Waals surface area (Å²) < 4.78 is 14.9. The maximum Gasteiger partial charge on any atom is 0.164 e. The molecule has 4 heteroatoms. The molecule has 23 heavy (non-hydrogen) atoms. The van der Waals surface area contributed by atoms with E-state index in [0.29, 0.717) is 25.2 Å². The molecule has 0 heterocycles. The summed E-state index contributed by atoms with van der Waals surface area (Å²) in [7, 11) is 0. The standard InChI is InChI=1S/C19H28FNO2/c1-17-6-3-12(22)9-11(17)10-15(23)16-13(17)4-7-18(2)14(16)5-8-19(18,20)21/h3,6,11,13-16,23H,4-5,7-10,21H2,1-2H3/t11?,13-,14+,15?,16-,17+,18+,19?/m1/s1. The minimum absolute atomic E-state index is 0.0463. The Labute approximate surface area is 137 Å². The Hall–Kier alpha value is -0.740. The quantitative estimate of drug-likeness (QED) is 0.674. The van der Waals surface area contributed by atoms with Crippen molar-refractivity contribution < 1.29 is 14.3 Å². The Morgan fingerprint density at radius 2 is 1.96 bits per heavy atom. The summed E-state index contributed by atoms with van der Waals surface area (Å²) in [6.45, 7) is 4.23. The van der Waals surface area contributed by atoms with Crippen LogP contribution in [0.25, 0.3) is 0 Å². The molecule has 0 spiro atoms. The van der Waals surface area contributed by atoms with Crippen molar-refractivity contribution in [3.05, 3.63) is 12.2 Å². The second kappa shape index (κ2) is 4.66. The fourth-order valence-corrected chi connectivity index (χ4v) is 6.63. The predicted molar refractivity (Wildman–Crippen MR) is 86.1 cm³/mol. The minimum Gasteiger partial charge on any atom is -0.393 e. The second-order valence-corrected chi connectivity index (χ2v) is 9.02. The van der Waals surface area contributed by atoms with Gasteiger partial charge in [-0.25, -0.2) is 4.39 Å². The molecule has 3 fully saturated rings. The molecule has 4 rings (SSSR count). The first-order valence-corrected chi connectivity index (χ1v) is 9.07. The van der Waals surface area contributed by atoms with Gasteiger partial charge in [0.25, 0.3) is 0 Å². The van der Waals surface area contributed by atoms with Crippen LogP contribution in [0.4, 0.5) is 4.39 Å². The third kappa shape index (κ3) is 1.91. The molecule has 0 aromatic rings. The van der Waals surface area contributed by atoms with E-state index >= 15 is 0 Å². The van der Waals surface area contributed by atoms with Gasteiger partial charge in [-0.15, -0.1) is 0 Å². The summed E-state index contributed by atoms with van der Waals surface area (Å²) in [5.41, 5.74) is 5.44. The first-order chi connectivity index (χ1) is 10.7. The lowest BCUT2D eigenvalue weighted by molar-refractivity contribution is -0.156. The SMILES string of the molecule is C[C@]12C=CC(=O)CC1CC(O)[C@@H]1[C@H]2CC[C@@]2(C)[C@H]1CCC2(N)F. The molecule has 0 aromatic carbocycles. The maximum absolute atomic E-state index is 14.9. The fraction of sp³-hybridized carbons (Fsp3) is 0.842. The van der Waals surface area contributed by atoms with Crippen LogP contribution in [0.1, 0.15) is 52.4 Å². The minimum atomic E-state index is -1.61. The van der Waals surface area contributed by atoms with E-state index in [-0.39, 0.29) is 29.0 Å². The lowest BCUT2D eigenvalue weighted by Crippen LogP contribution is -2.60. The van der Waals surface area contributed by atoms with Crippen LogP contribution in [0, 0.1) is 34.5 Å². The Morgan fingerprint density at radius 1 is 1.26 bits per heavy atom. The summed E-state index contributed by atoms with van der Waals surface area (Å²) in [5, 5.41) is 10.9. The van der Waals surface area contributed by atoms with Crippen LogP contribution >= 0.6 is 0 Å². The van der Waals surface area contributed by atoms with Crippen molar-refractivity contribution in [2.24, 2.45) is 40.2 Å². The molecule has 0 radical (unpaired) electrons. The van der Waals surface area contributed by atoms with Gasteiger partial charge in [0.05, 0.1) is 6.10 Å². The second-order valence-electron chi connectivity index (χ2n) is 9.02. The molecular formula is C19H28FNO2. The van der Waals surface area contributed by atoms with Crippen molar-refractivity contribution in [3.8, 4) is 0 Å². The maximum atomic E-state index is 14.9. The van der Waals surface area contributed by atoms with Crippen LogP contribution in [-0.2, 0) is 4.79 Å². The van der Waals surface area contributed by atoms with Crippen LogP contribution in [0.5, 0.6) is 0 Å². The number of nitrogens with two attached hydrogens (primary N) is 1. The van der Waals surface area contributed by atoms with Crippen LogP contribution in [0.2, 0.25) is 0 Å². The summed E-state index contributed by atoms with van der Waals surface area (Å²) in [6.07, 6.45) is 7.43. The average molecular weight is 321 g/mol. The molecule has 3 saturated carbocycles. The van der Waals surface area contributed by atoms with Crippen molar-refractivity contribution >= 4 is 5.78 Å². The van der Waals surface area contributed by atoms with Gasteiger partial charge in [0.1, 0.15) is 0 Å². The Morgan fingerprint density at radius 3 is 2.70 bits per heavy atom. The zero-order valence-electron chi connectivity index (χ0n) is 14.1. The number of carbonyl (C=O) groups excluding carboxylic acids is 1. The number of ketones is 1. The van der Waals surface area contributed by atoms with E-state index in [1.807, 2.05) is 6.92 Å². The van der Waals surface area contributed by atoms with Gasteiger partial charge >= 0.3 is 0 Å². The smallest absolute Gasteiger partial charge is 0.164 e. The third-order valence-electron chi connectivity index (χ3n) is 8.22. The highest BCUT2D eigenvalue weighted by Gasteiger charge is 2.65. The number of hydrogen-bond acceptors (Lipinski definition) is 3. The molecule has 3 nitrogen and oxygen atoms in total. The molecule has 3 N–H and O–H groups in total. The highest BCUT2D eigenvalue weighted by molar-refractivity contribution is 5.91. The zero-order chi connectivity index (χ0) is 16.6. The Kier molecular flexibility index (Phi) is 3.20. The molecule has 3 unspecified atom stereocenters. The molecule has 4 aliphatic carbocycles. The number of halogens is 1. The number of carbonyl (C=O) groups is 1. The van der Waals surface area contributed by atoms with Crippen molar-refractivity contribution in [1.29, 1.82) is 0 Å². The van der Waals surface area contributed by atoms with E-state index in [1.54, 1.807) is 6.08 Å². The van der Waals surface area contributed by atoms with Gasteiger partial charge in [-0.05, 0) is 67.3 Å². The average Bonchev–Trinajstić information content (AvgIpc) is 2.72. The van der Waals surface area contributed by atoms with E-state index in [0.717, 1.165) is 19.3 Å². The molecule has 4 aliphatic rings. The van der Waals surface area contributed by atoms with Crippen molar-refractivity contribution in [2.45, 2.75) is 64.3 Å². The summed E-state index contributed by atoms with van der Waals surface area (Å²) in [6, 6.07) is 0. The van der Waals surface area contributed by atoms with Gasteiger partial charge in [-0.3, -0.25) is 10.5 Å². The van der Waals surface area contributed by atoms with E-state index in [9.17, 15) is 14.3 Å². The predicted octanol–water partition coefficient (Wildman–Crippen LogP) is 2.97. The van der Waals surface area contributed by atoms with Gasteiger partial charge in [-0.1, -0.05) is 19.9 Å². The lowest BCUT2D eigenvalue weighted by Gasteiger charge is -2.60. The molecule has 8 atom stereocenters. The van der Waals surface area contributed by atoms with Gasteiger partial charge in [0.2, 0.25) is 0 Å². The summed E-state index contributed by atoms with van der Waals surface area (Å²) >= 11 is 0. The normalized spacial score (nSPS) is 58.5. The molecule has 0 aromatic heterocycles. The Bertz CT molecular complexity index is 574. The lowest BCUT2D eigenvalue weighted by atomic mass is 9.45. The molecule has 128 valence electrons. The summed E-state index contributed by atoms with van der Waals surface area (Å²) in [4.78, 5) is 11.8. The number of hydrogen-bond donors (Lipinski definition) is 2. The first kappa shape index (κ1) is 15.8.